The molecular formula is C12H20N2O2. The van der Waals surface area contributed by atoms with Gasteiger partial charge >= 0.3 is 0 Å². The topological polar surface area (TPSA) is 49.4 Å². The van der Waals surface area contributed by atoms with E-state index in [9.17, 15) is 9.59 Å². The van der Waals surface area contributed by atoms with Gasteiger partial charge < -0.3 is 10.2 Å². The molecule has 0 radical (unpaired) electrons. The van der Waals surface area contributed by atoms with Gasteiger partial charge in [0.15, 0.2) is 0 Å². The van der Waals surface area contributed by atoms with E-state index in [1.165, 1.54) is 12.8 Å². The Hall–Kier alpha value is -1.06. The van der Waals surface area contributed by atoms with Crippen LogP contribution in [0.3, 0.4) is 0 Å². The molecule has 1 saturated carbocycles. The van der Waals surface area contributed by atoms with E-state index in [0.29, 0.717) is 0 Å². The average molecular weight is 224 g/mol. The Kier molecular flexibility index (Phi) is 2.68. The van der Waals surface area contributed by atoms with Gasteiger partial charge in [-0.25, -0.2) is 0 Å². The molecule has 0 aromatic heterocycles. The monoisotopic (exact) mass is 224 g/mol. The van der Waals surface area contributed by atoms with Crippen LogP contribution in [-0.2, 0) is 9.59 Å². The lowest BCUT2D eigenvalue weighted by molar-refractivity contribution is -0.155. The van der Waals surface area contributed by atoms with Crippen molar-refractivity contribution in [1.82, 2.24) is 10.2 Å². The normalized spacial score (nSPS) is 30.7. The van der Waals surface area contributed by atoms with Gasteiger partial charge in [0.05, 0.1) is 0 Å². The van der Waals surface area contributed by atoms with E-state index in [1.807, 2.05) is 11.8 Å². The van der Waals surface area contributed by atoms with Gasteiger partial charge in [0.2, 0.25) is 11.8 Å². The van der Waals surface area contributed by atoms with Crippen LogP contribution in [0.25, 0.3) is 0 Å². The second kappa shape index (κ2) is 3.75. The van der Waals surface area contributed by atoms with Crippen molar-refractivity contribution in [3.8, 4) is 0 Å². The number of carbonyl (C=O) groups is 2. The minimum atomic E-state index is -0.744. The fourth-order valence-electron chi connectivity index (χ4n) is 2.76. The van der Waals surface area contributed by atoms with Crippen molar-refractivity contribution < 1.29 is 9.59 Å². The van der Waals surface area contributed by atoms with Crippen molar-refractivity contribution in [3.63, 3.8) is 0 Å². The molecule has 1 N–H and O–H groups in total. The molecule has 1 aliphatic heterocycles. The van der Waals surface area contributed by atoms with Crippen LogP contribution in [-0.4, -0.2) is 34.3 Å². The van der Waals surface area contributed by atoms with Crippen LogP contribution < -0.4 is 5.32 Å². The summed E-state index contributed by atoms with van der Waals surface area (Å²) < 4.78 is 0. The zero-order valence-corrected chi connectivity index (χ0v) is 10.2. The zero-order valence-electron chi connectivity index (χ0n) is 10.2. The first-order valence-electron chi connectivity index (χ1n) is 6.08. The molecule has 1 unspecified atom stereocenters. The van der Waals surface area contributed by atoms with Gasteiger partial charge in [-0.05, 0) is 33.6 Å². The molecule has 0 spiro atoms. The maximum absolute atomic E-state index is 12.3. The third kappa shape index (κ3) is 1.70. The highest BCUT2D eigenvalue weighted by Gasteiger charge is 2.46. The summed E-state index contributed by atoms with van der Waals surface area (Å²) in [5.74, 6) is 0.0306. The minimum absolute atomic E-state index is 0.0310. The molecule has 16 heavy (non-hydrogen) atoms. The molecule has 4 nitrogen and oxygen atoms in total. The standard InChI is InChI=1S/C12H20N2O2/c1-8-10(15)13-12(2,3)11(16)14(8)9-6-4-5-7-9/h8-9H,4-7H2,1-3H3,(H,13,15). The van der Waals surface area contributed by atoms with E-state index in [4.69, 9.17) is 0 Å². The fraction of sp³-hybridized carbons (Fsp3) is 0.833. The summed E-state index contributed by atoms with van der Waals surface area (Å²) in [7, 11) is 0. The van der Waals surface area contributed by atoms with Crippen molar-refractivity contribution in [3.05, 3.63) is 0 Å². The summed E-state index contributed by atoms with van der Waals surface area (Å²) in [6.07, 6.45) is 4.42. The molecule has 90 valence electrons. The SMILES string of the molecule is CC1C(=O)NC(C)(C)C(=O)N1C1CCCC1. The van der Waals surface area contributed by atoms with Gasteiger partial charge in [-0.2, -0.15) is 0 Å². The highest BCUT2D eigenvalue weighted by atomic mass is 16.2. The van der Waals surface area contributed by atoms with Crippen LogP contribution in [0.2, 0.25) is 0 Å². The van der Waals surface area contributed by atoms with Crippen molar-refractivity contribution in [2.45, 2.75) is 64.1 Å². The van der Waals surface area contributed by atoms with E-state index in [2.05, 4.69) is 5.32 Å². The van der Waals surface area contributed by atoms with Crippen LogP contribution in [0.15, 0.2) is 0 Å². The Labute approximate surface area is 96.4 Å². The Morgan fingerprint density at radius 3 is 2.38 bits per heavy atom. The molecule has 1 saturated heterocycles. The Morgan fingerprint density at radius 2 is 1.81 bits per heavy atom. The minimum Gasteiger partial charge on any atom is -0.340 e. The van der Waals surface area contributed by atoms with Gasteiger partial charge in [-0.15, -0.1) is 0 Å². The highest BCUT2D eigenvalue weighted by molar-refractivity contribution is 5.99. The average Bonchev–Trinajstić information content (AvgIpc) is 2.68. The summed E-state index contributed by atoms with van der Waals surface area (Å²) in [4.78, 5) is 25.9. The van der Waals surface area contributed by atoms with E-state index in [0.717, 1.165) is 12.8 Å². The number of amides is 2. The molecule has 2 rings (SSSR count). The van der Waals surface area contributed by atoms with Crippen molar-refractivity contribution >= 4 is 11.8 Å². The summed E-state index contributed by atoms with van der Waals surface area (Å²) >= 11 is 0. The molecule has 1 atom stereocenters. The predicted molar refractivity (Wildman–Crippen MR) is 60.8 cm³/mol. The number of nitrogens with one attached hydrogen (secondary N) is 1. The molecule has 2 fully saturated rings. The maximum atomic E-state index is 12.3. The van der Waals surface area contributed by atoms with Crippen LogP contribution >= 0.6 is 0 Å². The number of carbonyl (C=O) groups excluding carboxylic acids is 2. The number of piperazine rings is 1. The van der Waals surface area contributed by atoms with E-state index in [-0.39, 0.29) is 23.9 Å². The second-order valence-electron chi connectivity index (χ2n) is 5.44. The van der Waals surface area contributed by atoms with Gasteiger partial charge in [0, 0.05) is 6.04 Å². The zero-order chi connectivity index (χ0) is 11.9. The summed E-state index contributed by atoms with van der Waals surface area (Å²) in [6.45, 7) is 5.38. The molecule has 2 amide bonds. The first-order valence-corrected chi connectivity index (χ1v) is 6.08. The molecule has 1 aliphatic carbocycles. The largest absolute Gasteiger partial charge is 0.340 e. The molecule has 4 heteroatoms. The maximum Gasteiger partial charge on any atom is 0.248 e. The van der Waals surface area contributed by atoms with Gasteiger partial charge in [-0.1, -0.05) is 12.8 Å². The Balaban J connectivity index is 2.25. The van der Waals surface area contributed by atoms with Crippen molar-refractivity contribution in [1.29, 1.82) is 0 Å². The third-order valence-corrected chi connectivity index (χ3v) is 3.72. The second-order valence-corrected chi connectivity index (χ2v) is 5.44. The van der Waals surface area contributed by atoms with Crippen LogP contribution in [0.5, 0.6) is 0 Å². The first-order chi connectivity index (χ1) is 7.43. The summed E-state index contributed by atoms with van der Waals surface area (Å²) in [5.41, 5.74) is -0.744. The van der Waals surface area contributed by atoms with Gasteiger partial charge in [-0.3, -0.25) is 9.59 Å². The highest BCUT2D eigenvalue weighted by Crippen LogP contribution is 2.29. The van der Waals surface area contributed by atoms with E-state index >= 15 is 0 Å². The smallest absolute Gasteiger partial charge is 0.248 e. The number of hydrogen-bond acceptors (Lipinski definition) is 2. The lowest BCUT2D eigenvalue weighted by Gasteiger charge is -2.44. The molecule has 1 heterocycles. The third-order valence-electron chi connectivity index (χ3n) is 3.72. The molecular weight excluding hydrogens is 204 g/mol. The Bertz CT molecular complexity index is 319. The predicted octanol–water partition coefficient (Wildman–Crippen LogP) is 1.05. The number of hydrogen-bond donors (Lipinski definition) is 1. The fourth-order valence-corrected chi connectivity index (χ4v) is 2.76. The van der Waals surface area contributed by atoms with Crippen molar-refractivity contribution in [2.24, 2.45) is 0 Å². The van der Waals surface area contributed by atoms with E-state index in [1.54, 1.807) is 13.8 Å². The molecule has 0 bridgehead atoms. The quantitative estimate of drug-likeness (QED) is 0.724. The van der Waals surface area contributed by atoms with Crippen LogP contribution in [0.4, 0.5) is 0 Å². The lowest BCUT2D eigenvalue weighted by Crippen LogP contribution is -2.69. The molecule has 2 aliphatic rings. The van der Waals surface area contributed by atoms with Gasteiger partial charge in [0.1, 0.15) is 11.6 Å². The lowest BCUT2D eigenvalue weighted by atomic mass is 9.95. The Morgan fingerprint density at radius 1 is 1.25 bits per heavy atom. The van der Waals surface area contributed by atoms with Crippen LogP contribution in [0.1, 0.15) is 46.5 Å². The summed E-state index contributed by atoms with van der Waals surface area (Å²) in [6, 6.07) is -0.0450. The molecule has 0 aromatic rings. The first kappa shape index (κ1) is 11.4. The number of rotatable bonds is 1. The number of nitrogens with zero attached hydrogens (tertiary/aromatic N) is 1. The van der Waals surface area contributed by atoms with Gasteiger partial charge in [0.25, 0.3) is 0 Å². The van der Waals surface area contributed by atoms with Crippen molar-refractivity contribution in [2.75, 3.05) is 0 Å². The summed E-state index contributed by atoms with van der Waals surface area (Å²) in [5, 5.41) is 2.78. The molecule has 0 aromatic carbocycles. The van der Waals surface area contributed by atoms with Crippen LogP contribution in [0, 0.1) is 0 Å². The van der Waals surface area contributed by atoms with E-state index < -0.39 is 5.54 Å².